The van der Waals surface area contributed by atoms with Crippen LogP contribution in [0.5, 0.6) is 0 Å². The number of carbonyl (C=O) groups is 3. The molecule has 3 aromatic rings. The van der Waals surface area contributed by atoms with Gasteiger partial charge in [0, 0.05) is 42.1 Å². The highest BCUT2D eigenvalue weighted by Crippen LogP contribution is 2.32. The molecule has 3 aliphatic heterocycles. The van der Waals surface area contributed by atoms with Crippen LogP contribution in [0, 0.1) is 0 Å². The minimum atomic E-state index is -0.307. The molecule has 33 heavy (non-hydrogen) atoms. The van der Waals surface area contributed by atoms with Crippen molar-refractivity contribution in [2.75, 3.05) is 13.1 Å². The molecule has 168 valence electrons. The van der Waals surface area contributed by atoms with Gasteiger partial charge in [0.25, 0.3) is 5.91 Å². The summed E-state index contributed by atoms with van der Waals surface area (Å²) in [7, 11) is 0. The third-order valence-corrected chi connectivity index (χ3v) is 6.89. The molecule has 0 radical (unpaired) electrons. The highest BCUT2D eigenvalue weighted by molar-refractivity contribution is 6.04. The third-order valence-electron chi connectivity index (χ3n) is 6.89. The largest absolute Gasteiger partial charge is 0.346 e. The molecule has 0 bridgehead atoms. The lowest BCUT2D eigenvalue weighted by Gasteiger charge is -2.32. The zero-order valence-electron chi connectivity index (χ0n) is 18.3. The van der Waals surface area contributed by atoms with Crippen molar-refractivity contribution in [3.8, 4) is 11.3 Å². The molecule has 6 rings (SSSR count). The van der Waals surface area contributed by atoms with Crippen molar-refractivity contribution in [2.45, 2.75) is 45.2 Å². The normalized spacial score (nSPS) is 19.2. The maximum absolute atomic E-state index is 13.0. The summed E-state index contributed by atoms with van der Waals surface area (Å²) < 4.78 is 0. The van der Waals surface area contributed by atoms with Crippen LogP contribution in [0.3, 0.4) is 0 Å². The number of carbonyl (C=O) groups excluding carboxylic acids is 3. The average molecular weight is 444 g/mol. The molecule has 8 heteroatoms. The van der Waals surface area contributed by atoms with Crippen LogP contribution in [0.2, 0.25) is 0 Å². The van der Waals surface area contributed by atoms with Crippen LogP contribution in [0.4, 0.5) is 0 Å². The number of aromatic nitrogens is 2. The molecule has 3 aliphatic rings. The van der Waals surface area contributed by atoms with Crippen LogP contribution in [-0.4, -0.2) is 55.7 Å². The van der Waals surface area contributed by atoms with Gasteiger partial charge in [0.1, 0.15) is 5.65 Å². The topological polar surface area (TPSA) is 89.6 Å². The smallest absolute Gasteiger partial charge is 0.273 e. The van der Waals surface area contributed by atoms with Crippen molar-refractivity contribution in [2.24, 2.45) is 0 Å². The number of nitrogens with zero attached hydrogens (tertiary/aromatic N) is 4. The van der Waals surface area contributed by atoms with E-state index >= 15 is 0 Å². The fraction of sp³-hybridized carbons (Fsp3) is 0.360. The van der Waals surface area contributed by atoms with Crippen molar-refractivity contribution in [3.05, 3.63) is 53.2 Å². The average Bonchev–Trinajstić information content (AvgIpc) is 3.55. The molecule has 2 saturated heterocycles. The molecule has 2 fully saturated rings. The quantitative estimate of drug-likeness (QED) is 0.626. The van der Waals surface area contributed by atoms with Gasteiger partial charge in [-0.2, -0.15) is 5.01 Å². The van der Waals surface area contributed by atoms with E-state index in [1.54, 1.807) is 6.07 Å². The highest BCUT2D eigenvalue weighted by Gasteiger charge is 2.39. The van der Waals surface area contributed by atoms with Gasteiger partial charge in [0.2, 0.25) is 11.8 Å². The Labute approximate surface area is 191 Å². The molecule has 1 aromatic carbocycles. The number of pyridine rings is 1. The Morgan fingerprint density at radius 1 is 0.939 bits per heavy atom. The van der Waals surface area contributed by atoms with Gasteiger partial charge in [0.05, 0.1) is 12.2 Å². The molecule has 0 aliphatic carbocycles. The summed E-state index contributed by atoms with van der Waals surface area (Å²) in [6.07, 6.45) is 5.52. The van der Waals surface area contributed by atoms with E-state index in [0.29, 0.717) is 12.0 Å². The van der Waals surface area contributed by atoms with E-state index in [4.69, 9.17) is 4.98 Å². The number of benzene rings is 1. The summed E-state index contributed by atoms with van der Waals surface area (Å²) in [5.41, 5.74) is 5.18. The molecule has 3 amide bonds. The summed E-state index contributed by atoms with van der Waals surface area (Å²) >= 11 is 0. The van der Waals surface area contributed by atoms with Crippen LogP contribution in [-0.2, 0) is 22.7 Å². The lowest BCUT2D eigenvalue weighted by molar-refractivity contribution is -0.163. The Morgan fingerprint density at radius 3 is 2.52 bits per heavy atom. The van der Waals surface area contributed by atoms with E-state index in [9.17, 15) is 14.4 Å². The molecule has 1 N–H and O–H groups in total. The lowest BCUT2D eigenvalue weighted by Crippen LogP contribution is -2.51. The second kappa shape index (κ2) is 7.81. The van der Waals surface area contributed by atoms with Gasteiger partial charge in [-0.05, 0) is 67.7 Å². The Kier molecular flexibility index (Phi) is 4.76. The van der Waals surface area contributed by atoms with Gasteiger partial charge in [-0.1, -0.05) is 6.07 Å². The molecule has 8 nitrogen and oxygen atoms in total. The van der Waals surface area contributed by atoms with Crippen LogP contribution >= 0.6 is 0 Å². The molecule has 0 unspecified atom stereocenters. The van der Waals surface area contributed by atoms with Gasteiger partial charge < -0.3 is 4.98 Å². The SMILES string of the molecule is O=C1c2ccc(-c3cc(CN4CCCC4)c4cc[nH]c4n3)cc2CN1N1C(=O)CCCC1=O. The molecule has 0 spiro atoms. The standard InChI is InChI=1S/C25H25N5O3/c31-22-4-3-5-23(32)30(22)29-15-17-12-16(6-7-20(17)25(29)33)21-13-18(14-28-10-1-2-11-28)19-8-9-26-24(19)27-21/h6-9,12-13H,1-5,10-11,14-15H2,(H,26,27). The number of hydrogen-bond acceptors (Lipinski definition) is 5. The number of amides is 3. The van der Waals surface area contributed by atoms with E-state index in [2.05, 4.69) is 22.0 Å². The van der Waals surface area contributed by atoms with Crippen molar-refractivity contribution in [3.63, 3.8) is 0 Å². The highest BCUT2D eigenvalue weighted by atomic mass is 16.2. The number of piperidine rings is 1. The predicted octanol–water partition coefficient (Wildman–Crippen LogP) is 3.24. The van der Waals surface area contributed by atoms with E-state index in [1.807, 2.05) is 18.3 Å². The monoisotopic (exact) mass is 443 g/mol. The Balaban J connectivity index is 1.34. The zero-order chi connectivity index (χ0) is 22.5. The minimum Gasteiger partial charge on any atom is -0.346 e. The first-order chi connectivity index (χ1) is 16.1. The molecule has 0 saturated carbocycles. The van der Waals surface area contributed by atoms with Crippen molar-refractivity contribution in [1.29, 1.82) is 0 Å². The minimum absolute atomic E-state index is 0.213. The fourth-order valence-electron chi connectivity index (χ4n) is 5.21. The van der Waals surface area contributed by atoms with E-state index in [-0.39, 0.29) is 37.1 Å². The van der Waals surface area contributed by atoms with E-state index in [1.165, 1.54) is 23.4 Å². The van der Waals surface area contributed by atoms with Crippen molar-refractivity contribution in [1.82, 2.24) is 24.9 Å². The summed E-state index contributed by atoms with van der Waals surface area (Å²) in [5, 5.41) is 3.47. The second-order valence-corrected chi connectivity index (χ2v) is 9.08. The number of imide groups is 1. The Hall–Kier alpha value is -3.52. The first kappa shape index (κ1) is 20.1. The molecule has 5 heterocycles. The van der Waals surface area contributed by atoms with Crippen LogP contribution in [0.1, 0.15) is 53.6 Å². The van der Waals surface area contributed by atoms with E-state index < -0.39 is 0 Å². The number of hydrogen-bond donors (Lipinski definition) is 1. The summed E-state index contributed by atoms with van der Waals surface area (Å²) in [5.74, 6) is -0.918. The van der Waals surface area contributed by atoms with Gasteiger partial charge in [-0.25, -0.2) is 9.99 Å². The van der Waals surface area contributed by atoms with E-state index in [0.717, 1.165) is 52.5 Å². The number of aromatic amines is 1. The van der Waals surface area contributed by atoms with Crippen molar-refractivity contribution >= 4 is 28.8 Å². The number of fused-ring (bicyclic) bond motifs is 2. The molecular formula is C25H25N5O3. The zero-order valence-corrected chi connectivity index (χ0v) is 18.3. The molecule has 0 atom stereocenters. The maximum atomic E-state index is 13.0. The Bertz CT molecular complexity index is 1270. The van der Waals surface area contributed by atoms with Gasteiger partial charge >= 0.3 is 0 Å². The fourth-order valence-corrected chi connectivity index (χ4v) is 5.21. The summed E-state index contributed by atoms with van der Waals surface area (Å²) in [4.78, 5) is 48.2. The Morgan fingerprint density at radius 2 is 1.73 bits per heavy atom. The first-order valence-electron chi connectivity index (χ1n) is 11.6. The maximum Gasteiger partial charge on any atom is 0.273 e. The second-order valence-electron chi connectivity index (χ2n) is 9.08. The number of hydrazine groups is 1. The van der Waals surface area contributed by atoms with Gasteiger partial charge in [-0.3, -0.25) is 19.3 Å². The number of rotatable bonds is 4. The van der Waals surface area contributed by atoms with Gasteiger partial charge in [0.15, 0.2) is 0 Å². The lowest BCUT2D eigenvalue weighted by atomic mass is 10.0. The van der Waals surface area contributed by atoms with Crippen molar-refractivity contribution < 1.29 is 14.4 Å². The molecular weight excluding hydrogens is 418 g/mol. The number of H-pyrrole nitrogens is 1. The van der Waals surface area contributed by atoms with Crippen LogP contribution in [0.15, 0.2) is 36.5 Å². The van der Waals surface area contributed by atoms with Crippen LogP contribution in [0.25, 0.3) is 22.3 Å². The first-order valence-corrected chi connectivity index (χ1v) is 11.6. The summed E-state index contributed by atoms with van der Waals surface area (Å²) in [6, 6.07) is 9.86. The molecule has 2 aromatic heterocycles. The number of likely N-dealkylation sites (tertiary alicyclic amines) is 1. The van der Waals surface area contributed by atoms with Gasteiger partial charge in [-0.15, -0.1) is 0 Å². The summed E-state index contributed by atoms with van der Waals surface area (Å²) in [6.45, 7) is 3.34. The third kappa shape index (κ3) is 3.41. The predicted molar refractivity (Wildman–Crippen MR) is 122 cm³/mol. The number of nitrogens with one attached hydrogen (secondary N) is 1. The van der Waals surface area contributed by atoms with Crippen LogP contribution < -0.4 is 0 Å².